The van der Waals surface area contributed by atoms with Gasteiger partial charge in [0, 0.05) is 12.7 Å². The second kappa shape index (κ2) is 5.11. The zero-order valence-corrected chi connectivity index (χ0v) is 10.6. The van der Waals surface area contributed by atoms with Crippen LogP contribution in [0.1, 0.15) is 5.56 Å². The minimum Gasteiger partial charge on any atom is -0.360 e. The largest absolute Gasteiger partial charge is 0.360 e. The van der Waals surface area contributed by atoms with E-state index < -0.39 is 0 Å². The van der Waals surface area contributed by atoms with E-state index in [9.17, 15) is 4.79 Å². The summed E-state index contributed by atoms with van der Waals surface area (Å²) in [6.07, 6.45) is 8.74. The predicted octanol–water partition coefficient (Wildman–Crippen LogP) is 3.29. The highest BCUT2D eigenvalue weighted by atomic mass is 16.1. The highest BCUT2D eigenvalue weighted by Gasteiger charge is 2.14. The molecular weight excluding hydrogens is 234 g/mol. The molecule has 0 aliphatic carbocycles. The van der Waals surface area contributed by atoms with Gasteiger partial charge in [-0.2, -0.15) is 0 Å². The van der Waals surface area contributed by atoms with Crippen molar-refractivity contribution in [3.63, 3.8) is 0 Å². The fourth-order valence-corrected chi connectivity index (χ4v) is 2.46. The lowest BCUT2D eigenvalue weighted by molar-refractivity contribution is -0.110. The van der Waals surface area contributed by atoms with Crippen LogP contribution < -0.4 is 0 Å². The number of allylic oxidation sites excluding steroid dienone is 2. The molecule has 0 saturated carbocycles. The van der Waals surface area contributed by atoms with E-state index in [4.69, 9.17) is 0 Å². The average Bonchev–Trinajstić information content (AvgIpc) is 2.48. The third-order valence-electron chi connectivity index (χ3n) is 3.45. The Bertz CT molecular complexity index is 652. The number of carbonyl (C=O) groups is 1. The molecule has 1 heterocycles. The zero-order valence-electron chi connectivity index (χ0n) is 10.6. The number of hydrogen-bond acceptors (Lipinski definition) is 2. The summed E-state index contributed by atoms with van der Waals surface area (Å²) in [7, 11) is 0. The molecular formula is C17H15NO. The fraction of sp³-hybridized carbons (Fsp3) is 0.118. The van der Waals surface area contributed by atoms with Crippen LogP contribution in [0.4, 0.5) is 0 Å². The number of nitrogens with zero attached hydrogens (tertiary/aromatic N) is 1. The second-order valence-electron chi connectivity index (χ2n) is 4.66. The number of benzene rings is 2. The minimum absolute atomic E-state index is 0.163. The topological polar surface area (TPSA) is 20.3 Å². The second-order valence-corrected chi connectivity index (χ2v) is 4.66. The maximum Gasteiger partial charge on any atom is 0.146 e. The molecule has 1 unspecified atom stereocenters. The van der Waals surface area contributed by atoms with E-state index in [2.05, 4.69) is 41.3 Å². The molecule has 19 heavy (non-hydrogen) atoms. The van der Waals surface area contributed by atoms with Gasteiger partial charge in [0.1, 0.15) is 12.3 Å². The Morgan fingerprint density at radius 2 is 1.89 bits per heavy atom. The van der Waals surface area contributed by atoms with Crippen molar-refractivity contribution >= 4 is 17.1 Å². The lowest BCUT2D eigenvalue weighted by atomic mass is 10.0. The fourth-order valence-electron chi connectivity index (χ4n) is 2.46. The molecule has 1 aliphatic rings. The molecule has 0 bridgehead atoms. The summed E-state index contributed by atoms with van der Waals surface area (Å²) in [5.74, 6) is 0. The molecule has 3 rings (SSSR count). The van der Waals surface area contributed by atoms with Gasteiger partial charge in [0.05, 0.1) is 0 Å². The number of carbonyl (C=O) groups excluding carboxylic acids is 1. The Balaban J connectivity index is 1.95. The van der Waals surface area contributed by atoms with E-state index in [1.165, 1.54) is 16.3 Å². The summed E-state index contributed by atoms with van der Waals surface area (Å²) in [6.45, 7) is 0.742. The standard InChI is InChI=1S/C17H15NO/c19-13-16-9-3-4-11-18(16)12-15-8-5-7-14-6-1-2-10-17(14)15/h1-11,13,16H,12H2. The first-order valence-electron chi connectivity index (χ1n) is 6.41. The Labute approximate surface area is 112 Å². The van der Waals surface area contributed by atoms with Gasteiger partial charge in [-0.3, -0.25) is 0 Å². The van der Waals surface area contributed by atoms with Crippen LogP contribution >= 0.6 is 0 Å². The maximum atomic E-state index is 11.1. The molecule has 0 N–H and O–H groups in total. The number of hydrogen-bond donors (Lipinski definition) is 0. The van der Waals surface area contributed by atoms with Gasteiger partial charge in [0.25, 0.3) is 0 Å². The zero-order chi connectivity index (χ0) is 13.1. The highest BCUT2D eigenvalue weighted by Crippen LogP contribution is 2.21. The first kappa shape index (κ1) is 11.7. The van der Waals surface area contributed by atoms with Gasteiger partial charge in [0.15, 0.2) is 0 Å². The third-order valence-corrected chi connectivity index (χ3v) is 3.45. The quantitative estimate of drug-likeness (QED) is 0.778. The third kappa shape index (κ3) is 2.29. The summed E-state index contributed by atoms with van der Waals surface area (Å²) >= 11 is 0. The van der Waals surface area contributed by atoms with Crippen LogP contribution in [0.15, 0.2) is 66.9 Å². The Morgan fingerprint density at radius 1 is 1.05 bits per heavy atom. The van der Waals surface area contributed by atoms with Gasteiger partial charge in [-0.05, 0) is 22.4 Å². The van der Waals surface area contributed by atoms with Gasteiger partial charge >= 0.3 is 0 Å². The molecule has 1 aliphatic heterocycles. The van der Waals surface area contributed by atoms with E-state index in [1.807, 2.05) is 30.5 Å². The van der Waals surface area contributed by atoms with Gasteiger partial charge < -0.3 is 9.69 Å². The van der Waals surface area contributed by atoms with E-state index >= 15 is 0 Å². The van der Waals surface area contributed by atoms with Crippen molar-refractivity contribution in [2.45, 2.75) is 12.6 Å². The van der Waals surface area contributed by atoms with Gasteiger partial charge in [-0.1, -0.05) is 54.6 Å². The molecule has 0 aromatic heterocycles. The number of fused-ring (bicyclic) bond motifs is 1. The Hall–Kier alpha value is -2.35. The van der Waals surface area contributed by atoms with E-state index in [0.29, 0.717) is 0 Å². The molecule has 0 saturated heterocycles. The predicted molar refractivity (Wildman–Crippen MR) is 77.6 cm³/mol. The molecule has 2 heteroatoms. The van der Waals surface area contributed by atoms with Crippen molar-refractivity contribution in [1.29, 1.82) is 0 Å². The van der Waals surface area contributed by atoms with Gasteiger partial charge in [-0.25, -0.2) is 0 Å². The molecule has 0 amide bonds. The highest BCUT2D eigenvalue weighted by molar-refractivity contribution is 5.85. The summed E-state index contributed by atoms with van der Waals surface area (Å²) in [5, 5.41) is 2.48. The van der Waals surface area contributed by atoms with Crippen LogP contribution in [0, 0.1) is 0 Å². The Kier molecular flexibility index (Phi) is 3.15. The van der Waals surface area contributed by atoms with Crippen molar-refractivity contribution in [3.05, 3.63) is 72.5 Å². The molecule has 2 aromatic carbocycles. The molecule has 0 fully saturated rings. The SMILES string of the molecule is O=CC1C=CC=CN1Cc1cccc2ccccc12. The molecule has 94 valence electrons. The molecule has 0 radical (unpaired) electrons. The molecule has 0 spiro atoms. The first-order valence-corrected chi connectivity index (χ1v) is 6.41. The van der Waals surface area contributed by atoms with Crippen molar-refractivity contribution in [2.24, 2.45) is 0 Å². The molecule has 2 aromatic rings. The summed E-state index contributed by atoms with van der Waals surface area (Å²) in [4.78, 5) is 13.1. The molecule has 2 nitrogen and oxygen atoms in total. The molecule has 1 atom stereocenters. The van der Waals surface area contributed by atoms with Gasteiger partial charge in [-0.15, -0.1) is 0 Å². The van der Waals surface area contributed by atoms with E-state index in [1.54, 1.807) is 0 Å². The minimum atomic E-state index is -0.163. The van der Waals surface area contributed by atoms with Crippen LogP contribution in [0.25, 0.3) is 10.8 Å². The van der Waals surface area contributed by atoms with E-state index in [-0.39, 0.29) is 6.04 Å². The van der Waals surface area contributed by atoms with Crippen molar-refractivity contribution in [3.8, 4) is 0 Å². The van der Waals surface area contributed by atoms with Crippen LogP contribution in [-0.4, -0.2) is 17.2 Å². The lowest BCUT2D eigenvalue weighted by Gasteiger charge is -2.27. The van der Waals surface area contributed by atoms with Crippen molar-refractivity contribution in [1.82, 2.24) is 4.90 Å². The summed E-state index contributed by atoms with van der Waals surface area (Å²) in [6, 6.07) is 14.5. The summed E-state index contributed by atoms with van der Waals surface area (Å²) < 4.78 is 0. The lowest BCUT2D eigenvalue weighted by Crippen LogP contribution is -2.31. The average molecular weight is 249 g/mol. The number of aldehydes is 1. The van der Waals surface area contributed by atoms with Crippen LogP contribution in [0.2, 0.25) is 0 Å². The number of rotatable bonds is 3. The Morgan fingerprint density at radius 3 is 2.79 bits per heavy atom. The van der Waals surface area contributed by atoms with Gasteiger partial charge in [0.2, 0.25) is 0 Å². The summed E-state index contributed by atoms with van der Waals surface area (Å²) in [5.41, 5.74) is 1.24. The maximum absolute atomic E-state index is 11.1. The monoisotopic (exact) mass is 249 g/mol. The first-order chi connectivity index (χ1) is 9.38. The van der Waals surface area contributed by atoms with Crippen LogP contribution in [-0.2, 0) is 11.3 Å². The normalized spacial score (nSPS) is 17.9. The smallest absolute Gasteiger partial charge is 0.146 e. The van der Waals surface area contributed by atoms with Crippen molar-refractivity contribution < 1.29 is 4.79 Å². The van der Waals surface area contributed by atoms with E-state index in [0.717, 1.165) is 12.8 Å². The van der Waals surface area contributed by atoms with Crippen molar-refractivity contribution in [2.75, 3.05) is 0 Å². The van der Waals surface area contributed by atoms with Crippen LogP contribution in [0.3, 0.4) is 0 Å². The van der Waals surface area contributed by atoms with Crippen LogP contribution in [0.5, 0.6) is 0 Å².